The predicted molar refractivity (Wildman–Crippen MR) is 66.7 cm³/mol. The monoisotopic (exact) mass is 226 g/mol. The van der Waals surface area contributed by atoms with Crippen molar-refractivity contribution < 1.29 is 4.74 Å². The SMILES string of the molecule is CC1CC(NCC2CCCCN2C)CCO1. The molecule has 0 bridgehead atoms. The van der Waals surface area contributed by atoms with Crippen LogP contribution in [-0.2, 0) is 4.74 Å². The zero-order valence-corrected chi connectivity index (χ0v) is 10.7. The number of piperidine rings is 1. The second-order valence-corrected chi connectivity index (χ2v) is 5.44. The molecule has 0 spiro atoms. The van der Waals surface area contributed by atoms with Crippen molar-refractivity contribution in [1.29, 1.82) is 0 Å². The highest BCUT2D eigenvalue weighted by Gasteiger charge is 2.22. The van der Waals surface area contributed by atoms with Gasteiger partial charge in [-0.15, -0.1) is 0 Å². The number of hydrogen-bond acceptors (Lipinski definition) is 3. The molecule has 0 aromatic heterocycles. The van der Waals surface area contributed by atoms with Crippen LogP contribution in [0.4, 0.5) is 0 Å². The third kappa shape index (κ3) is 3.44. The number of rotatable bonds is 3. The van der Waals surface area contributed by atoms with E-state index in [2.05, 4.69) is 24.2 Å². The van der Waals surface area contributed by atoms with Crippen molar-refractivity contribution in [2.75, 3.05) is 26.7 Å². The summed E-state index contributed by atoms with van der Waals surface area (Å²) in [6.07, 6.45) is 6.94. The lowest BCUT2D eigenvalue weighted by Gasteiger charge is -2.35. The summed E-state index contributed by atoms with van der Waals surface area (Å²) in [5.74, 6) is 0. The van der Waals surface area contributed by atoms with Crippen LogP contribution >= 0.6 is 0 Å². The van der Waals surface area contributed by atoms with Gasteiger partial charge in [0.15, 0.2) is 0 Å². The van der Waals surface area contributed by atoms with E-state index in [1.54, 1.807) is 0 Å². The zero-order valence-electron chi connectivity index (χ0n) is 10.7. The molecule has 2 rings (SSSR count). The molecule has 0 amide bonds. The van der Waals surface area contributed by atoms with E-state index in [-0.39, 0.29) is 0 Å². The molecule has 2 aliphatic rings. The van der Waals surface area contributed by atoms with Crippen molar-refractivity contribution in [2.45, 2.75) is 57.2 Å². The Morgan fingerprint density at radius 3 is 2.94 bits per heavy atom. The second-order valence-electron chi connectivity index (χ2n) is 5.44. The maximum atomic E-state index is 5.57. The summed E-state index contributed by atoms with van der Waals surface area (Å²) in [4.78, 5) is 2.51. The van der Waals surface area contributed by atoms with Gasteiger partial charge in [0, 0.05) is 25.2 Å². The molecule has 0 aliphatic carbocycles. The van der Waals surface area contributed by atoms with Crippen molar-refractivity contribution in [1.82, 2.24) is 10.2 Å². The summed E-state index contributed by atoms with van der Waals surface area (Å²) in [5.41, 5.74) is 0. The zero-order chi connectivity index (χ0) is 11.4. The van der Waals surface area contributed by atoms with Crippen LogP contribution in [0.1, 0.15) is 39.0 Å². The first-order valence-corrected chi connectivity index (χ1v) is 6.81. The molecule has 3 atom stereocenters. The Balaban J connectivity index is 1.69. The lowest BCUT2D eigenvalue weighted by Crippen LogP contribution is -2.47. The van der Waals surface area contributed by atoms with Crippen molar-refractivity contribution in [3.63, 3.8) is 0 Å². The summed E-state index contributed by atoms with van der Waals surface area (Å²) < 4.78 is 5.57. The molecule has 2 aliphatic heterocycles. The quantitative estimate of drug-likeness (QED) is 0.791. The standard InChI is InChI=1S/C13H26N2O/c1-11-9-12(6-8-16-11)14-10-13-5-3-4-7-15(13)2/h11-14H,3-10H2,1-2H3. The maximum Gasteiger partial charge on any atom is 0.0561 e. The molecular weight excluding hydrogens is 200 g/mol. The van der Waals surface area contributed by atoms with Gasteiger partial charge < -0.3 is 15.0 Å². The van der Waals surface area contributed by atoms with Gasteiger partial charge in [0.2, 0.25) is 0 Å². The van der Waals surface area contributed by atoms with E-state index in [1.165, 1.54) is 38.6 Å². The summed E-state index contributed by atoms with van der Waals surface area (Å²) in [7, 11) is 2.26. The van der Waals surface area contributed by atoms with Crippen LogP contribution in [-0.4, -0.2) is 49.8 Å². The molecule has 0 aromatic rings. The molecule has 94 valence electrons. The normalized spacial score (nSPS) is 37.5. The topological polar surface area (TPSA) is 24.5 Å². The van der Waals surface area contributed by atoms with Crippen LogP contribution in [0, 0.1) is 0 Å². The van der Waals surface area contributed by atoms with Gasteiger partial charge in [0.05, 0.1) is 6.10 Å². The Hall–Kier alpha value is -0.120. The van der Waals surface area contributed by atoms with Gasteiger partial charge in [-0.05, 0) is 46.2 Å². The van der Waals surface area contributed by atoms with Crippen molar-refractivity contribution in [3.05, 3.63) is 0 Å². The fraction of sp³-hybridized carbons (Fsp3) is 1.00. The largest absolute Gasteiger partial charge is 0.378 e. The van der Waals surface area contributed by atoms with Gasteiger partial charge in [-0.1, -0.05) is 6.42 Å². The van der Waals surface area contributed by atoms with Gasteiger partial charge >= 0.3 is 0 Å². The van der Waals surface area contributed by atoms with E-state index >= 15 is 0 Å². The van der Waals surface area contributed by atoms with Gasteiger partial charge in [-0.25, -0.2) is 0 Å². The minimum Gasteiger partial charge on any atom is -0.378 e. The number of hydrogen-bond donors (Lipinski definition) is 1. The minimum absolute atomic E-state index is 0.440. The second kappa shape index (κ2) is 5.99. The minimum atomic E-state index is 0.440. The predicted octanol–water partition coefficient (Wildman–Crippen LogP) is 1.63. The van der Waals surface area contributed by atoms with E-state index in [1.807, 2.05) is 0 Å². The van der Waals surface area contributed by atoms with Crippen LogP contribution in [0.2, 0.25) is 0 Å². The number of likely N-dealkylation sites (tertiary alicyclic amines) is 1. The highest BCUT2D eigenvalue weighted by atomic mass is 16.5. The molecule has 2 heterocycles. The van der Waals surface area contributed by atoms with Crippen LogP contribution in [0.15, 0.2) is 0 Å². The number of nitrogens with one attached hydrogen (secondary N) is 1. The maximum absolute atomic E-state index is 5.57. The first-order chi connectivity index (χ1) is 7.75. The highest BCUT2D eigenvalue weighted by molar-refractivity contribution is 4.80. The van der Waals surface area contributed by atoms with Crippen LogP contribution in [0.3, 0.4) is 0 Å². The van der Waals surface area contributed by atoms with Gasteiger partial charge in [-0.2, -0.15) is 0 Å². The summed E-state index contributed by atoms with van der Waals surface area (Å²) >= 11 is 0. The summed E-state index contributed by atoms with van der Waals surface area (Å²) in [5, 5.41) is 3.73. The number of likely N-dealkylation sites (N-methyl/N-ethyl adjacent to an activating group) is 1. The average molecular weight is 226 g/mol. The van der Waals surface area contributed by atoms with Crippen molar-refractivity contribution in [3.8, 4) is 0 Å². The molecule has 0 radical (unpaired) electrons. The highest BCUT2D eigenvalue weighted by Crippen LogP contribution is 2.16. The smallest absolute Gasteiger partial charge is 0.0561 e. The summed E-state index contributed by atoms with van der Waals surface area (Å²) in [6, 6.07) is 1.44. The van der Waals surface area contributed by atoms with Crippen LogP contribution < -0.4 is 5.32 Å². The Morgan fingerprint density at radius 2 is 2.19 bits per heavy atom. The Bertz CT molecular complexity index is 210. The van der Waals surface area contributed by atoms with E-state index in [4.69, 9.17) is 4.74 Å². The van der Waals surface area contributed by atoms with E-state index in [0.29, 0.717) is 12.1 Å². The first kappa shape index (κ1) is 12.3. The molecule has 3 unspecified atom stereocenters. The summed E-state index contributed by atoms with van der Waals surface area (Å²) in [6.45, 7) is 5.55. The van der Waals surface area contributed by atoms with Gasteiger partial charge in [0.25, 0.3) is 0 Å². The molecule has 0 aromatic carbocycles. The van der Waals surface area contributed by atoms with Crippen molar-refractivity contribution >= 4 is 0 Å². The van der Waals surface area contributed by atoms with Gasteiger partial charge in [0.1, 0.15) is 0 Å². The number of nitrogens with zero attached hydrogens (tertiary/aromatic N) is 1. The molecule has 2 saturated heterocycles. The third-order valence-corrected chi connectivity index (χ3v) is 4.05. The Kier molecular flexibility index (Phi) is 4.62. The molecule has 0 saturated carbocycles. The lowest BCUT2D eigenvalue weighted by atomic mass is 10.0. The first-order valence-electron chi connectivity index (χ1n) is 6.81. The Labute approximate surface area is 99.5 Å². The molecule has 1 N–H and O–H groups in total. The lowest BCUT2D eigenvalue weighted by molar-refractivity contribution is 0.0117. The van der Waals surface area contributed by atoms with Crippen LogP contribution in [0.5, 0.6) is 0 Å². The fourth-order valence-electron chi connectivity index (χ4n) is 2.89. The molecule has 16 heavy (non-hydrogen) atoms. The third-order valence-electron chi connectivity index (χ3n) is 4.05. The van der Waals surface area contributed by atoms with Crippen LogP contribution in [0.25, 0.3) is 0 Å². The van der Waals surface area contributed by atoms with Crippen molar-refractivity contribution in [2.24, 2.45) is 0 Å². The molecule has 3 heteroatoms. The number of ether oxygens (including phenoxy) is 1. The molecule has 3 nitrogen and oxygen atoms in total. The average Bonchev–Trinajstić information content (AvgIpc) is 2.28. The van der Waals surface area contributed by atoms with E-state index < -0.39 is 0 Å². The molecule has 2 fully saturated rings. The van der Waals surface area contributed by atoms with E-state index in [9.17, 15) is 0 Å². The Morgan fingerprint density at radius 1 is 1.31 bits per heavy atom. The van der Waals surface area contributed by atoms with E-state index in [0.717, 1.165) is 19.2 Å². The van der Waals surface area contributed by atoms with Gasteiger partial charge in [-0.3, -0.25) is 0 Å². The molecular formula is C13H26N2O. The fourth-order valence-corrected chi connectivity index (χ4v) is 2.89.